The fourth-order valence-corrected chi connectivity index (χ4v) is 2.42. The van der Waals surface area contributed by atoms with Crippen LogP contribution >= 0.6 is 11.6 Å². The van der Waals surface area contributed by atoms with Crippen LogP contribution in [0, 0.1) is 6.92 Å². The van der Waals surface area contributed by atoms with Gasteiger partial charge in [0.15, 0.2) is 0 Å². The van der Waals surface area contributed by atoms with E-state index in [2.05, 4.69) is 23.7 Å². The first-order valence-electron chi connectivity index (χ1n) is 5.60. The van der Waals surface area contributed by atoms with E-state index in [4.69, 9.17) is 16.3 Å². The van der Waals surface area contributed by atoms with E-state index in [0.717, 1.165) is 24.5 Å². The minimum atomic E-state index is 0.263. The van der Waals surface area contributed by atoms with Crippen LogP contribution in [0.5, 0.6) is 0 Å². The van der Waals surface area contributed by atoms with E-state index in [1.54, 1.807) is 0 Å². The van der Waals surface area contributed by atoms with E-state index in [0.29, 0.717) is 5.15 Å². The lowest BCUT2D eigenvalue weighted by atomic mass is 10.2. The molecule has 0 aromatic carbocycles. The molecule has 1 fully saturated rings. The van der Waals surface area contributed by atoms with Gasteiger partial charge in [0.05, 0.1) is 23.6 Å². The Bertz CT molecular complexity index is 373. The zero-order chi connectivity index (χ0) is 11.7. The maximum absolute atomic E-state index is 5.86. The number of morpholine rings is 1. The van der Waals surface area contributed by atoms with Gasteiger partial charge in [0.1, 0.15) is 5.15 Å². The third-order valence-electron chi connectivity index (χ3n) is 2.78. The molecule has 1 aliphatic rings. The van der Waals surface area contributed by atoms with Crippen LogP contribution in [0.2, 0.25) is 5.15 Å². The fourth-order valence-electron chi connectivity index (χ4n) is 2.23. The quantitative estimate of drug-likeness (QED) is 0.706. The smallest absolute Gasteiger partial charge is 0.129 e. The number of anilines is 1. The predicted molar refractivity (Wildman–Crippen MR) is 66.2 cm³/mol. The Morgan fingerprint density at radius 1 is 1.31 bits per heavy atom. The van der Waals surface area contributed by atoms with Gasteiger partial charge in [-0.1, -0.05) is 11.6 Å². The number of halogens is 1. The molecule has 2 heterocycles. The average Bonchev–Trinajstić information content (AvgIpc) is 2.15. The Balaban J connectivity index is 2.23. The lowest BCUT2D eigenvalue weighted by Crippen LogP contribution is -2.45. The zero-order valence-corrected chi connectivity index (χ0v) is 10.7. The number of rotatable bonds is 1. The van der Waals surface area contributed by atoms with Crippen LogP contribution < -0.4 is 4.90 Å². The van der Waals surface area contributed by atoms with Crippen LogP contribution in [-0.2, 0) is 4.74 Å². The van der Waals surface area contributed by atoms with Crippen molar-refractivity contribution in [2.75, 3.05) is 18.0 Å². The van der Waals surface area contributed by atoms with Crippen molar-refractivity contribution in [3.05, 3.63) is 23.0 Å². The summed E-state index contributed by atoms with van der Waals surface area (Å²) < 4.78 is 5.71. The second-order valence-corrected chi connectivity index (χ2v) is 4.79. The third-order valence-corrected chi connectivity index (χ3v) is 2.99. The Morgan fingerprint density at radius 3 is 2.50 bits per heavy atom. The fraction of sp³-hybridized carbons (Fsp3) is 0.583. The molecule has 0 amide bonds. The highest BCUT2D eigenvalue weighted by atomic mass is 35.5. The topological polar surface area (TPSA) is 25.4 Å². The van der Waals surface area contributed by atoms with E-state index in [-0.39, 0.29) is 12.2 Å². The lowest BCUT2D eigenvalue weighted by Gasteiger charge is -2.37. The first-order chi connectivity index (χ1) is 7.56. The monoisotopic (exact) mass is 240 g/mol. The third kappa shape index (κ3) is 2.47. The van der Waals surface area contributed by atoms with Gasteiger partial charge >= 0.3 is 0 Å². The van der Waals surface area contributed by atoms with Gasteiger partial charge in [0, 0.05) is 13.1 Å². The Morgan fingerprint density at radius 2 is 1.94 bits per heavy atom. The van der Waals surface area contributed by atoms with Gasteiger partial charge in [-0.3, -0.25) is 0 Å². The molecule has 0 radical (unpaired) electrons. The summed E-state index contributed by atoms with van der Waals surface area (Å²) in [4.78, 5) is 6.60. The van der Waals surface area contributed by atoms with Gasteiger partial charge in [-0.05, 0) is 32.9 Å². The van der Waals surface area contributed by atoms with Crippen LogP contribution in [0.3, 0.4) is 0 Å². The number of pyridine rings is 1. The number of nitrogens with zero attached hydrogens (tertiary/aromatic N) is 2. The molecule has 0 spiro atoms. The summed E-state index contributed by atoms with van der Waals surface area (Å²) in [5.41, 5.74) is 2.14. The summed E-state index contributed by atoms with van der Waals surface area (Å²) in [6, 6.07) is 3.88. The molecule has 3 nitrogen and oxygen atoms in total. The van der Waals surface area contributed by atoms with Gasteiger partial charge in [0.25, 0.3) is 0 Å². The minimum Gasteiger partial charge on any atom is -0.372 e. The Hall–Kier alpha value is -0.800. The van der Waals surface area contributed by atoms with Gasteiger partial charge in [-0.15, -0.1) is 0 Å². The van der Waals surface area contributed by atoms with E-state index in [9.17, 15) is 0 Å². The van der Waals surface area contributed by atoms with Crippen molar-refractivity contribution in [3.63, 3.8) is 0 Å². The highest BCUT2D eigenvalue weighted by molar-refractivity contribution is 6.29. The minimum absolute atomic E-state index is 0.263. The molecule has 0 aliphatic carbocycles. The summed E-state index contributed by atoms with van der Waals surface area (Å²) in [7, 11) is 0. The summed E-state index contributed by atoms with van der Waals surface area (Å²) in [5, 5.41) is 0.551. The van der Waals surface area contributed by atoms with Crippen molar-refractivity contribution in [1.82, 2.24) is 4.98 Å². The number of aromatic nitrogens is 1. The molecule has 16 heavy (non-hydrogen) atoms. The summed E-state index contributed by atoms with van der Waals surface area (Å²) >= 11 is 5.86. The Kier molecular flexibility index (Phi) is 3.36. The van der Waals surface area contributed by atoms with E-state index in [1.807, 2.05) is 19.1 Å². The molecule has 0 N–H and O–H groups in total. The number of hydrogen-bond acceptors (Lipinski definition) is 3. The number of aryl methyl sites for hydroxylation is 1. The van der Waals surface area contributed by atoms with Crippen molar-refractivity contribution in [2.24, 2.45) is 0 Å². The lowest BCUT2D eigenvalue weighted by molar-refractivity contribution is -0.00526. The second kappa shape index (κ2) is 4.60. The van der Waals surface area contributed by atoms with Gasteiger partial charge < -0.3 is 9.64 Å². The predicted octanol–water partition coefficient (Wildman–Crippen LogP) is 2.66. The molecule has 2 atom stereocenters. The molecule has 1 aliphatic heterocycles. The molecule has 1 aromatic heterocycles. The van der Waals surface area contributed by atoms with Crippen LogP contribution in [0.25, 0.3) is 0 Å². The van der Waals surface area contributed by atoms with Gasteiger partial charge in [-0.25, -0.2) is 4.98 Å². The second-order valence-electron chi connectivity index (χ2n) is 4.40. The maximum atomic E-state index is 5.86. The molecule has 0 saturated carbocycles. The van der Waals surface area contributed by atoms with Crippen molar-refractivity contribution < 1.29 is 4.74 Å². The van der Waals surface area contributed by atoms with Gasteiger partial charge in [0.2, 0.25) is 0 Å². The first kappa shape index (κ1) is 11.7. The largest absolute Gasteiger partial charge is 0.372 e. The van der Waals surface area contributed by atoms with E-state index >= 15 is 0 Å². The summed E-state index contributed by atoms with van der Waals surface area (Å²) in [6.45, 7) is 8.01. The highest BCUT2D eigenvalue weighted by Gasteiger charge is 2.23. The van der Waals surface area contributed by atoms with E-state index < -0.39 is 0 Å². The molecule has 4 heteroatoms. The van der Waals surface area contributed by atoms with Crippen molar-refractivity contribution in [3.8, 4) is 0 Å². The van der Waals surface area contributed by atoms with Crippen molar-refractivity contribution in [1.29, 1.82) is 0 Å². The maximum Gasteiger partial charge on any atom is 0.129 e. The molecule has 2 unspecified atom stereocenters. The van der Waals surface area contributed by atoms with E-state index in [1.165, 1.54) is 0 Å². The average molecular weight is 241 g/mol. The van der Waals surface area contributed by atoms with Gasteiger partial charge in [-0.2, -0.15) is 0 Å². The van der Waals surface area contributed by atoms with Crippen molar-refractivity contribution >= 4 is 17.3 Å². The van der Waals surface area contributed by atoms with Crippen LogP contribution in [0.15, 0.2) is 12.1 Å². The number of hydrogen-bond donors (Lipinski definition) is 0. The molecule has 1 saturated heterocycles. The normalized spacial score (nSPS) is 25.9. The molecule has 2 rings (SSSR count). The van der Waals surface area contributed by atoms with Crippen LogP contribution in [0.1, 0.15) is 19.5 Å². The van der Waals surface area contributed by atoms with Crippen molar-refractivity contribution in [2.45, 2.75) is 33.0 Å². The molecule has 1 aromatic rings. The summed E-state index contributed by atoms with van der Waals surface area (Å²) in [5.74, 6) is 0. The first-order valence-corrected chi connectivity index (χ1v) is 5.97. The van der Waals surface area contributed by atoms with Crippen LogP contribution in [-0.4, -0.2) is 30.3 Å². The molecular formula is C12H17ClN2O. The number of ether oxygens (including phenoxy) is 1. The standard InChI is InChI=1S/C12H17ClN2O/c1-8-6-15(7-9(2)16-8)11-4-5-12(13)14-10(11)3/h4-5,8-9H,6-7H2,1-3H3. The highest BCUT2D eigenvalue weighted by Crippen LogP contribution is 2.24. The molecular weight excluding hydrogens is 224 g/mol. The Labute approximate surface area is 101 Å². The SMILES string of the molecule is Cc1nc(Cl)ccc1N1CC(C)OC(C)C1. The molecule has 0 bridgehead atoms. The van der Waals surface area contributed by atoms with Crippen LogP contribution in [0.4, 0.5) is 5.69 Å². The summed E-state index contributed by atoms with van der Waals surface area (Å²) in [6.07, 6.45) is 0.526. The molecule has 88 valence electrons. The zero-order valence-electron chi connectivity index (χ0n) is 9.90.